The highest BCUT2D eigenvalue weighted by Crippen LogP contribution is 2.47. The second-order valence-corrected chi connectivity index (χ2v) is 6.09. The summed E-state index contributed by atoms with van der Waals surface area (Å²) in [6, 6.07) is 17.8. The number of hydrogen-bond acceptors (Lipinski definition) is 3. The second-order valence-electron chi connectivity index (χ2n) is 6.09. The van der Waals surface area contributed by atoms with Crippen molar-refractivity contribution in [2.24, 2.45) is 0 Å². The number of ether oxygens (including phenoxy) is 2. The van der Waals surface area contributed by atoms with Crippen LogP contribution in [0.2, 0.25) is 0 Å². The van der Waals surface area contributed by atoms with E-state index in [4.69, 9.17) is 9.47 Å². The Kier molecular flexibility index (Phi) is 5.04. The Morgan fingerprint density at radius 3 is 2.25 bits per heavy atom. The average Bonchev–Trinajstić information content (AvgIpc) is 3.41. The number of nitrogens with one attached hydrogen (secondary N) is 1. The maximum atomic E-state index is 12.1. The summed E-state index contributed by atoms with van der Waals surface area (Å²) in [5.74, 6) is 1.15. The Bertz CT molecular complexity index is 680. The molecule has 0 radical (unpaired) electrons. The van der Waals surface area contributed by atoms with Crippen LogP contribution in [0, 0.1) is 0 Å². The first-order valence-corrected chi connectivity index (χ1v) is 8.40. The zero-order valence-electron chi connectivity index (χ0n) is 14.0. The van der Waals surface area contributed by atoms with E-state index in [1.165, 1.54) is 5.56 Å². The molecule has 1 N–H and O–H groups in total. The number of hydrogen-bond donors (Lipinski definition) is 1. The lowest BCUT2D eigenvalue weighted by atomic mass is 9.96. The zero-order valence-corrected chi connectivity index (χ0v) is 14.0. The summed E-state index contributed by atoms with van der Waals surface area (Å²) in [4.78, 5) is 12.1. The van der Waals surface area contributed by atoms with E-state index in [0.717, 1.165) is 12.8 Å². The van der Waals surface area contributed by atoms with Crippen molar-refractivity contribution in [3.05, 3.63) is 60.2 Å². The van der Waals surface area contributed by atoms with Crippen LogP contribution in [0.25, 0.3) is 0 Å². The van der Waals surface area contributed by atoms with Crippen molar-refractivity contribution in [3.63, 3.8) is 0 Å². The van der Waals surface area contributed by atoms with Crippen molar-refractivity contribution in [1.82, 2.24) is 5.32 Å². The Labute approximate surface area is 142 Å². The van der Waals surface area contributed by atoms with Crippen molar-refractivity contribution >= 4 is 5.91 Å². The molecule has 2 aromatic carbocycles. The van der Waals surface area contributed by atoms with Gasteiger partial charge in [0, 0.05) is 12.0 Å². The third-order valence-corrected chi connectivity index (χ3v) is 4.37. The van der Waals surface area contributed by atoms with Crippen molar-refractivity contribution in [2.75, 3.05) is 19.8 Å². The predicted molar refractivity (Wildman–Crippen MR) is 93.5 cm³/mol. The maximum absolute atomic E-state index is 12.1. The first-order valence-electron chi connectivity index (χ1n) is 8.40. The minimum atomic E-state index is -0.108. The van der Waals surface area contributed by atoms with E-state index in [9.17, 15) is 4.79 Å². The molecule has 1 fully saturated rings. The van der Waals surface area contributed by atoms with Crippen LogP contribution >= 0.6 is 0 Å². The van der Waals surface area contributed by atoms with E-state index in [2.05, 4.69) is 17.4 Å². The van der Waals surface area contributed by atoms with Gasteiger partial charge in [0.05, 0.1) is 6.61 Å². The van der Waals surface area contributed by atoms with E-state index in [0.29, 0.717) is 24.7 Å². The molecule has 0 spiro atoms. The van der Waals surface area contributed by atoms with Gasteiger partial charge in [0.1, 0.15) is 0 Å². The van der Waals surface area contributed by atoms with Crippen molar-refractivity contribution in [1.29, 1.82) is 0 Å². The summed E-state index contributed by atoms with van der Waals surface area (Å²) in [6.45, 7) is 3.13. The predicted octanol–water partition coefficient (Wildman–Crippen LogP) is 3.31. The fraction of sp³-hybridized carbons (Fsp3) is 0.350. The third-order valence-electron chi connectivity index (χ3n) is 4.37. The summed E-state index contributed by atoms with van der Waals surface area (Å²) in [5.41, 5.74) is 1.41. The molecule has 1 aliphatic rings. The lowest BCUT2D eigenvalue weighted by Gasteiger charge is -2.17. The summed E-state index contributed by atoms with van der Waals surface area (Å²) in [5, 5.41) is 3.00. The zero-order chi connectivity index (χ0) is 16.8. The highest BCUT2D eigenvalue weighted by atomic mass is 16.5. The summed E-state index contributed by atoms with van der Waals surface area (Å²) in [7, 11) is 0. The van der Waals surface area contributed by atoms with Crippen molar-refractivity contribution in [3.8, 4) is 11.5 Å². The molecule has 24 heavy (non-hydrogen) atoms. The van der Waals surface area contributed by atoms with Gasteiger partial charge in [-0.15, -0.1) is 0 Å². The SMILES string of the molecule is CCOc1ccccc1OCC(=O)NCC1(c2ccccc2)CC1. The molecule has 0 unspecified atom stereocenters. The molecule has 0 aromatic heterocycles. The highest BCUT2D eigenvalue weighted by molar-refractivity contribution is 5.77. The Morgan fingerprint density at radius 2 is 1.62 bits per heavy atom. The van der Waals surface area contributed by atoms with Gasteiger partial charge in [-0.05, 0) is 37.5 Å². The number of carbonyl (C=O) groups excluding carboxylic acids is 1. The number of carbonyl (C=O) groups is 1. The molecule has 0 bridgehead atoms. The molecule has 2 aromatic rings. The first-order chi connectivity index (χ1) is 11.7. The monoisotopic (exact) mass is 325 g/mol. The molecule has 0 aliphatic heterocycles. The molecule has 0 heterocycles. The molecule has 3 rings (SSSR count). The van der Waals surface area contributed by atoms with E-state index < -0.39 is 0 Å². The molecule has 0 saturated heterocycles. The van der Waals surface area contributed by atoms with Crippen LogP contribution < -0.4 is 14.8 Å². The maximum Gasteiger partial charge on any atom is 0.257 e. The lowest BCUT2D eigenvalue weighted by molar-refractivity contribution is -0.123. The van der Waals surface area contributed by atoms with E-state index >= 15 is 0 Å². The molecule has 1 amide bonds. The fourth-order valence-electron chi connectivity index (χ4n) is 2.82. The van der Waals surface area contributed by atoms with Crippen LogP contribution in [-0.4, -0.2) is 25.7 Å². The van der Waals surface area contributed by atoms with E-state index in [-0.39, 0.29) is 17.9 Å². The molecule has 4 heteroatoms. The third kappa shape index (κ3) is 3.88. The quantitative estimate of drug-likeness (QED) is 0.810. The standard InChI is InChI=1S/C20H23NO3/c1-2-23-17-10-6-7-11-18(17)24-14-19(22)21-15-20(12-13-20)16-8-4-3-5-9-16/h3-11H,2,12-15H2,1H3,(H,21,22). The minimum Gasteiger partial charge on any atom is -0.490 e. The van der Waals surface area contributed by atoms with Gasteiger partial charge < -0.3 is 14.8 Å². The Hall–Kier alpha value is -2.49. The summed E-state index contributed by atoms with van der Waals surface area (Å²) >= 11 is 0. The number of rotatable bonds is 8. The van der Waals surface area contributed by atoms with Gasteiger partial charge in [-0.25, -0.2) is 0 Å². The van der Waals surface area contributed by atoms with Crippen LogP contribution in [0.3, 0.4) is 0 Å². The largest absolute Gasteiger partial charge is 0.490 e. The lowest BCUT2D eigenvalue weighted by Crippen LogP contribution is -2.35. The number of para-hydroxylation sites is 2. The first kappa shape index (κ1) is 16.4. The molecular formula is C20H23NO3. The van der Waals surface area contributed by atoms with Gasteiger partial charge in [-0.2, -0.15) is 0 Å². The van der Waals surface area contributed by atoms with Crippen LogP contribution in [-0.2, 0) is 10.2 Å². The number of amides is 1. The van der Waals surface area contributed by atoms with Crippen LogP contribution in [0.4, 0.5) is 0 Å². The molecule has 0 atom stereocenters. The summed E-state index contributed by atoms with van der Waals surface area (Å²) < 4.78 is 11.1. The Balaban J connectivity index is 1.50. The molecule has 126 valence electrons. The van der Waals surface area contributed by atoms with Gasteiger partial charge in [0.25, 0.3) is 5.91 Å². The van der Waals surface area contributed by atoms with Gasteiger partial charge in [-0.3, -0.25) is 4.79 Å². The van der Waals surface area contributed by atoms with Gasteiger partial charge in [-0.1, -0.05) is 42.5 Å². The topological polar surface area (TPSA) is 47.6 Å². The van der Waals surface area contributed by atoms with Gasteiger partial charge in [0.15, 0.2) is 18.1 Å². The molecule has 1 saturated carbocycles. The molecular weight excluding hydrogens is 302 g/mol. The van der Waals surface area contributed by atoms with Crippen molar-refractivity contribution < 1.29 is 14.3 Å². The van der Waals surface area contributed by atoms with Crippen LogP contribution in [0.5, 0.6) is 11.5 Å². The van der Waals surface area contributed by atoms with E-state index in [1.807, 2.05) is 49.4 Å². The van der Waals surface area contributed by atoms with Gasteiger partial charge >= 0.3 is 0 Å². The molecule has 1 aliphatic carbocycles. The van der Waals surface area contributed by atoms with Crippen molar-refractivity contribution in [2.45, 2.75) is 25.2 Å². The number of benzene rings is 2. The van der Waals surface area contributed by atoms with Crippen LogP contribution in [0.1, 0.15) is 25.3 Å². The smallest absolute Gasteiger partial charge is 0.257 e. The van der Waals surface area contributed by atoms with Crippen LogP contribution in [0.15, 0.2) is 54.6 Å². The fourth-order valence-corrected chi connectivity index (χ4v) is 2.82. The van der Waals surface area contributed by atoms with Gasteiger partial charge in [0.2, 0.25) is 0 Å². The highest BCUT2D eigenvalue weighted by Gasteiger charge is 2.44. The second kappa shape index (κ2) is 7.39. The average molecular weight is 325 g/mol. The Morgan fingerprint density at radius 1 is 1.00 bits per heavy atom. The minimum absolute atomic E-state index is 0.00500. The normalized spacial score (nSPS) is 14.7. The van der Waals surface area contributed by atoms with E-state index in [1.54, 1.807) is 0 Å². The summed E-state index contributed by atoms with van der Waals surface area (Å²) in [6.07, 6.45) is 2.23. The molecule has 4 nitrogen and oxygen atoms in total.